The van der Waals surface area contributed by atoms with Crippen LogP contribution in [0, 0.1) is 0 Å². The molecule has 2 heterocycles. The van der Waals surface area contributed by atoms with E-state index >= 15 is 0 Å². The summed E-state index contributed by atoms with van der Waals surface area (Å²) in [6.07, 6.45) is 2.33. The summed E-state index contributed by atoms with van der Waals surface area (Å²) in [5, 5.41) is 15.2. The van der Waals surface area contributed by atoms with E-state index in [1.807, 2.05) is 15.8 Å². The number of amides is 2. The van der Waals surface area contributed by atoms with Gasteiger partial charge in [0.05, 0.1) is 6.54 Å². The average Bonchev–Trinajstić information content (AvgIpc) is 3.18. The summed E-state index contributed by atoms with van der Waals surface area (Å²) in [7, 11) is 0. The van der Waals surface area contributed by atoms with Gasteiger partial charge in [0.15, 0.2) is 0 Å². The maximum atomic E-state index is 11.8. The second-order valence-corrected chi connectivity index (χ2v) is 5.70. The molecule has 0 aliphatic rings. The molecule has 7 nitrogen and oxygen atoms in total. The van der Waals surface area contributed by atoms with Crippen LogP contribution in [0.3, 0.4) is 0 Å². The van der Waals surface area contributed by atoms with E-state index in [9.17, 15) is 9.59 Å². The fourth-order valence-corrected chi connectivity index (χ4v) is 2.95. The number of carbonyl (C=O) groups is 2. The molecule has 0 unspecified atom stereocenters. The van der Waals surface area contributed by atoms with Crippen molar-refractivity contribution in [2.24, 2.45) is 0 Å². The maximum absolute atomic E-state index is 11.8. The maximum Gasteiger partial charge on any atom is 0.251 e. The van der Waals surface area contributed by atoms with E-state index in [2.05, 4.69) is 20.8 Å². The van der Waals surface area contributed by atoms with Crippen LogP contribution >= 0.6 is 11.3 Å². The molecule has 0 aliphatic heterocycles. The number of aromatic nitrogens is 3. The average molecular weight is 329 g/mol. The first-order valence-electron chi connectivity index (χ1n) is 7.10. The standard InChI is InChI=1S/C15H15N5O2S/c21-13(8-17-14(22)11-4-2-1-3-5-11)16-7-6-12-9-23-15-19-18-10-20(12)15/h1-5,9-10H,6-8H2,(H,16,21)(H,17,22). The molecule has 23 heavy (non-hydrogen) atoms. The minimum Gasteiger partial charge on any atom is -0.354 e. The van der Waals surface area contributed by atoms with E-state index in [4.69, 9.17) is 0 Å². The Morgan fingerprint density at radius 1 is 1.17 bits per heavy atom. The second-order valence-electron chi connectivity index (χ2n) is 4.86. The molecule has 1 aromatic carbocycles. The molecule has 3 aromatic rings. The smallest absolute Gasteiger partial charge is 0.251 e. The van der Waals surface area contributed by atoms with Crippen molar-refractivity contribution < 1.29 is 9.59 Å². The van der Waals surface area contributed by atoms with Crippen molar-refractivity contribution in [3.63, 3.8) is 0 Å². The highest BCUT2D eigenvalue weighted by atomic mass is 32.1. The lowest BCUT2D eigenvalue weighted by molar-refractivity contribution is -0.120. The molecule has 2 N–H and O–H groups in total. The van der Waals surface area contributed by atoms with Crippen molar-refractivity contribution in [3.05, 3.63) is 53.3 Å². The summed E-state index contributed by atoms with van der Waals surface area (Å²) >= 11 is 1.51. The lowest BCUT2D eigenvalue weighted by Gasteiger charge is -2.06. The second kappa shape index (κ2) is 7.01. The summed E-state index contributed by atoms with van der Waals surface area (Å²) in [5.41, 5.74) is 1.58. The SMILES string of the molecule is O=C(CNC(=O)c1ccccc1)NCCc1csc2nncn12. The third-order valence-electron chi connectivity index (χ3n) is 3.28. The van der Waals surface area contributed by atoms with Crippen LogP contribution < -0.4 is 10.6 Å². The van der Waals surface area contributed by atoms with Gasteiger partial charge in [-0.1, -0.05) is 18.2 Å². The van der Waals surface area contributed by atoms with Gasteiger partial charge in [-0.15, -0.1) is 21.5 Å². The van der Waals surface area contributed by atoms with Gasteiger partial charge in [-0.2, -0.15) is 0 Å². The molecule has 0 atom stereocenters. The zero-order valence-corrected chi connectivity index (χ0v) is 13.0. The van der Waals surface area contributed by atoms with Gasteiger partial charge in [0.2, 0.25) is 10.9 Å². The van der Waals surface area contributed by atoms with Crippen LogP contribution in [0.25, 0.3) is 4.96 Å². The molecule has 3 rings (SSSR count). The number of nitrogens with one attached hydrogen (secondary N) is 2. The van der Waals surface area contributed by atoms with Crippen LogP contribution in [0.2, 0.25) is 0 Å². The Balaban J connectivity index is 1.42. The minimum absolute atomic E-state index is 0.0423. The normalized spacial score (nSPS) is 10.6. The third kappa shape index (κ3) is 3.72. The molecule has 0 spiro atoms. The zero-order valence-electron chi connectivity index (χ0n) is 12.2. The van der Waals surface area contributed by atoms with Crippen LogP contribution in [0.4, 0.5) is 0 Å². The van der Waals surface area contributed by atoms with Gasteiger partial charge in [0.25, 0.3) is 5.91 Å². The Hall–Kier alpha value is -2.74. The molecule has 0 aliphatic carbocycles. The molecule has 118 valence electrons. The van der Waals surface area contributed by atoms with Crippen molar-refractivity contribution in [3.8, 4) is 0 Å². The van der Waals surface area contributed by atoms with Crippen LogP contribution in [0.15, 0.2) is 42.0 Å². The Labute approximate surface area is 136 Å². The van der Waals surface area contributed by atoms with Gasteiger partial charge in [0.1, 0.15) is 6.33 Å². The van der Waals surface area contributed by atoms with Crippen molar-refractivity contribution in [2.75, 3.05) is 13.1 Å². The highest BCUT2D eigenvalue weighted by molar-refractivity contribution is 7.15. The van der Waals surface area contributed by atoms with Gasteiger partial charge < -0.3 is 10.6 Å². The number of fused-ring (bicyclic) bond motifs is 1. The minimum atomic E-state index is -0.259. The first kappa shape index (κ1) is 15.2. The molecular weight excluding hydrogens is 314 g/mol. The summed E-state index contributed by atoms with van der Waals surface area (Å²) < 4.78 is 1.90. The quantitative estimate of drug-likeness (QED) is 0.703. The van der Waals surface area contributed by atoms with Crippen LogP contribution in [0.1, 0.15) is 16.1 Å². The largest absolute Gasteiger partial charge is 0.354 e. The van der Waals surface area contributed by atoms with Gasteiger partial charge in [-0.3, -0.25) is 14.0 Å². The molecule has 0 fully saturated rings. The third-order valence-corrected chi connectivity index (χ3v) is 4.15. The molecule has 0 radical (unpaired) electrons. The van der Waals surface area contributed by atoms with Crippen molar-refractivity contribution in [1.29, 1.82) is 0 Å². The number of benzene rings is 1. The van der Waals surface area contributed by atoms with Crippen LogP contribution in [-0.4, -0.2) is 39.5 Å². The number of rotatable bonds is 6. The van der Waals surface area contributed by atoms with E-state index in [-0.39, 0.29) is 18.4 Å². The van der Waals surface area contributed by atoms with Crippen LogP contribution in [0.5, 0.6) is 0 Å². The first-order chi connectivity index (χ1) is 11.2. The number of carbonyl (C=O) groups excluding carboxylic acids is 2. The predicted molar refractivity (Wildman–Crippen MR) is 86.4 cm³/mol. The van der Waals surface area contributed by atoms with Crippen LogP contribution in [-0.2, 0) is 11.2 Å². The fourth-order valence-electron chi connectivity index (χ4n) is 2.10. The van der Waals surface area contributed by atoms with E-state index in [1.54, 1.807) is 30.6 Å². The van der Waals surface area contributed by atoms with Crippen molar-refractivity contribution >= 4 is 28.1 Å². The van der Waals surface area contributed by atoms with Crippen molar-refractivity contribution in [2.45, 2.75) is 6.42 Å². The topological polar surface area (TPSA) is 88.4 Å². The van der Waals surface area contributed by atoms with Crippen molar-refractivity contribution in [1.82, 2.24) is 25.2 Å². The van der Waals surface area contributed by atoms with E-state index in [0.717, 1.165) is 10.7 Å². The Kier molecular flexibility index (Phi) is 4.62. The van der Waals surface area contributed by atoms with Gasteiger partial charge in [0, 0.05) is 29.6 Å². The summed E-state index contributed by atoms with van der Waals surface area (Å²) in [6.45, 7) is 0.448. The fraction of sp³-hybridized carbons (Fsp3) is 0.200. The Bertz CT molecular complexity index is 812. The molecule has 2 amide bonds. The van der Waals surface area contributed by atoms with Gasteiger partial charge >= 0.3 is 0 Å². The molecule has 8 heteroatoms. The number of hydrogen-bond donors (Lipinski definition) is 2. The number of thiazole rings is 1. The molecule has 2 aromatic heterocycles. The monoisotopic (exact) mass is 329 g/mol. The highest BCUT2D eigenvalue weighted by Gasteiger charge is 2.08. The summed E-state index contributed by atoms with van der Waals surface area (Å²) in [6, 6.07) is 8.80. The lowest BCUT2D eigenvalue weighted by Crippen LogP contribution is -2.37. The molecular formula is C15H15N5O2S. The van der Waals surface area contributed by atoms with E-state index in [0.29, 0.717) is 18.5 Å². The number of hydrogen-bond acceptors (Lipinski definition) is 5. The van der Waals surface area contributed by atoms with Gasteiger partial charge in [-0.05, 0) is 12.1 Å². The van der Waals surface area contributed by atoms with Gasteiger partial charge in [-0.25, -0.2) is 0 Å². The molecule has 0 saturated carbocycles. The first-order valence-corrected chi connectivity index (χ1v) is 7.98. The summed E-state index contributed by atoms with van der Waals surface area (Å²) in [5.74, 6) is -0.478. The lowest BCUT2D eigenvalue weighted by atomic mass is 10.2. The molecule has 0 saturated heterocycles. The predicted octanol–water partition coefficient (Wildman–Crippen LogP) is 0.879. The zero-order chi connectivity index (χ0) is 16.1. The molecule has 0 bridgehead atoms. The highest BCUT2D eigenvalue weighted by Crippen LogP contribution is 2.13. The Morgan fingerprint density at radius 2 is 2.00 bits per heavy atom. The van der Waals surface area contributed by atoms with E-state index < -0.39 is 0 Å². The Morgan fingerprint density at radius 3 is 2.83 bits per heavy atom. The summed E-state index contributed by atoms with van der Waals surface area (Å²) in [4.78, 5) is 24.4. The number of nitrogens with zero attached hydrogens (tertiary/aromatic N) is 3. The van der Waals surface area contributed by atoms with E-state index in [1.165, 1.54) is 11.3 Å².